The molecule has 2 aliphatic rings. The molecule has 0 bridgehead atoms. The van der Waals surface area contributed by atoms with Crippen molar-refractivity contribution in [2.24, 2.45) is 29.6 Å². The maximum absolute atomic E-state index is 14.1. The predicted octanol–water partition coefficient (Wildman–Crippen LogP) is 5.09. The van der Waals surface area contributed by atoms with Crippen LogP contribution in [0, 0.1) is 29.6 Å². The van der Waals surface area contributed by atoms with Gasteiger partial charge in [0.25, 0.3) is 0 Å². The van der Waals surface area contributed by atoms with Gasteiger partial charge in [-0.1, -0.05) is 27.7 Å². The van der Waals surface area contributed by atoms with Gasteiger partial charge in [-0.05, 0) is 64.2 Å². The van der Waals surface area contributed by atoms with Crippen molar-refractivity contribution in [1.29, 1.82) is 0 Å². The number of fused-ring (bicyclic) bond motifs is 1. The van der Waals surface area contributed by atoms with Gasteiger partial charge in [0, 0.05) is 29.8 Å². The Kier molecular flexibility index (Phi) is 11.0. The van der Waals surface area contributed by atoms with Crippen molar-refractivity contribution in [2.45, 2.75) is 101 Å². The molecule has 10 heteroatoms. The van der Waals surface area contributed by atoms with Crippen LogP contribution in [-0.2, 0) is 28.6 Å². The molecule has 1 N–H and O–H groups in total. The molecule has 10 atom stereocenters. The minimum atomic E-state index is -1.28. The van der Waals surface area contributed by atoms with E-state index in [-0.39, 0.29) is 11.7 Å². The number of thioether (sulfide) groups is 1. The molecule has 3 rings (SSSR count). The van der Waals surface area contributed by atoms with Gasteiger partial charge in [0.15, 0.2) is 17.1 Å². The summed E-state index contributed by atoms with van der Waals surface area (Å²) in [5.74, 6) is -2.73. The standard InChI is InChI=1S/C32H48O9S/c1-11-24-32(7)25(28(30(36)41-32)42-21-12-13-22(37-8)23(14-21)38-9)19(4)26(33)17(2)15-31(6,39-10)16-18(3)27(34)20(5)29(35)40-24/h12-14,17-20,24-25,27-28,34H,11,15-16H2,1-10H3. The number of carbonyl (C=O) groups is 3. The maximum Gasteiger partial charge on any atom is 0.320 e. The zero-order valence-corrected chi connectivity index (χ0v) is 27.4. The van der Waals surface area contributed by atoms with Crippen molar-refractivity contribution in [2.75, 3.05) is 21.3 Å². The molecule has 0 radical (unpaired) electrons. The van der Waals surface area contributed by atoms with Gasteiger partial charge in [-0.15, -0.1) is 11.8 Å². The van der Waals surface area contributed by atoms with Crippen LogP contribution in [0.4, 0.5) is 0 Å². The molecular formula is C32H48O9S. The fourth-order valence-electron chi connectivity index (χ4n) is 6.90. The van der Waals surface area contributed by atoms with Crippen LogP contribution >= 0.6 is 11.8 Å². The number of rotatable bonds is 6. The number of hydrogen-bond donors (Lipinski definition) is 1. The summed E-state index contributed by atoms with van der Waals surface area (Å²) >= 11 is 1.30. The third-order valence-corrected chi connectivity index (χ3v) is 10.6. The van der Waals surface area contributed by atoms with Crippen LogP contribution in [0.25, 0.3) is 0 Å². The number of ketones is 1. The molecule has 2 saturated heterocycles. The predicted molar refractivity (Wildman–Crippen MR) is 160 cm³/mol. The summed E-state index contributed by atoms with van der Waals surface area (Å²) in [6.07, 6.45) is -0.577. The fourth-order valence-corrected chi connectivity index (χ4v) is 8.31. The molecule has 0 saturated carbocycles. The van der Waals surface area contributed by atoms with Crippen molar-refractivity contribution >= 4 is 29.5 Å². The fraction of sp³-hybridized carbons (Fsp3) is 0.719. The lowest BCUT2D eigenvalue weighted by atomic mass is 9.70. The smallest absolute Gasteiger partial charge is 0.320 e. The summed E-state index contributed by atoms with van der Waals surface area (Å²) in [6, 6.07) is 5.38. The Morgan fingerprint density at radius 1 is 0.952 bits per heavy atom. The van der Waals surface area contributed by atoms with Crippen molar-refractivity contribution < 1.29 is 43.2 Å². The summed E-state index contributed by atoms with van der Waals surface area (Å²) in [5.41, 5.74) is -2.00. The highest BCUT2D eigenvalue weighted by atomic mass is 32.2. The SMILES string of the molecule is CCC1OC(=O)C(C)C(O)C(C)CC(C)(OC)CC(C)C(=O)C(C)C2C(Sc3ccc(OC)c(OC)c3)C(=O)OC12C. The van der Waals surface area contributed by atoms with E-state index in [0.717, 1.165) is 4.90 Å². The first-order chi connectivity index (χ1) is 19.7. The first-order valence-corrected chi connectivity index (χ1v) is 15.6. The van der Waals surface area contributed by atoms with Gasteiger partial charge in [0.1, 0.15) is 17.1 Å². The van der Waals surface area contributed by atoms with E-state index in [1.807, 2.05) is 40.7 Å². The molecule has 1 aromatic carbocycles. The van der Waals surface area contributed by atoms with Crippen LogP contribution in [-0.4, -0.2) is 72.8 Å². The van der Waals surface area contributed by atoms with Gasteiger partial charge in [-0.25, -0.2) is 0 Å². The largest absolute Gasteiger partial charge is 0.493 e. The minimum absolute atomic E-state index is 0.0227. The monoisotopic (exact) mass is 608 g/mol. The zero-order chi connectivity index (χ0) is 31.6. The van der Waals surface area contributed by atoms with Gasteiger partial charge in [-0.3, -0.25) is 14.4 Å². The van der Waals surface area contributed by atoms with Crippen LogP contribution in [0.15, 0.2) is 23.1 Å². The Labute approximate surface area is 254 Å². The van der Waals surface area contributed by atoms with Gasteiger partial charge in [0.2, 0.25) is 0 Å². The highest BCUT2D eigenvalue weighted by Gasteiger charge is 2.61. The van der Waals surface area contributed by atoms with Crippen LogP contribution in [0.1, 0.15) is 67.7 Å². The highest BCUT2D eigenvalue weighted by molar-refractivity contribution is 8.00. The second-order valence-corrected chi connectivity index (χ2v) is 13.6. The molecule has 10 unspecified atom stereocenters. The number of methoxy groups -OCH3 is 3. The Balaban J connectivity index is 2.12. The first kappa shape index (κ1) is 34.2. The quantitative estimate of drug-likeness (QED) is 0.438. The molecule has 1 aromatic rings. The number of aliphatic hydroxyl groups is 1. The van der Waals surface area contributed by atoms with Gasteiger partial charge >= 0.3 is 11.9 Å². The average Bonchev–Trinajstić information content (AvgIpc) is 3.22. The van der Waals surface area contributed by atoms with Crippen LogP contribution in [0.5, 0.6) is 11.5 Å². The number of hydrogen-bond acceptors (Lipinski definition) is 10. The summed E-state index contributed by atoms with van der Waals surface area (Å²) in [5, 5.41) is 10.4. The number of cyclic esters (lactones) is 1. The topological polar surface area (TPSA) is 118 Å². The summed E-state index contributed by atoms with van der Waals surface area (Å²) < 4.78 is 28.9. The van der Waals surface area contributed by atoms with E-state index in [2.05, 4.69) is 0 Å². The zero-order valence-electron chi connectivity index (χ0n) is 26.6. The first-order valence-electron chi connectivity index (χ1n) is 14.7. The average molecular weight is 609 g/mol. The van der Waals surface area contributed by atoms with Crippen LogP contribution in [0.3, 0.4) is 0 Å². The number of Topliss-reactive ketones (excluding diaryl/α,β-unsaturated/α-hetero) is 1. The molecule has 2 aliphatic heterocycles. The Hall–Kier alpha value is -2.30. The Bertz CT molecular complexity index is 1140. The normalized spacial score (nSPS) is 38.2. The van der Waals surface area contributed by atoms with Gasteiger partial charge < -0.3 is 28.8 Å². The van der Waals surface area contributed by atoms with Crippen LogP contribution < -0.4 is 9.47 Å². The second-order valence-electron chi connectivity index (χ2n) is 12.4. The van der Waals surface area contributed by atoms with E-state index < -0.39 is 64.3 Å². The maximum atomic E-state index is 14.1. The molecular weight excluding hydrogens is 560 g/mol. The molecule has 0 spiro atoms. The lowest BCUT2D eigenvalue weighted by molar-refractivity contribution is -0.186. The van der Waals surface area contributed by atoms with Gasteiger partial charge in [0.05, 0.1) is 31.8 Å². The summed E-state index contributed by atoms with van der Waals surface area (Å²) in [6.45, 7) is 12.8. The number of ether oxygens (including phenoxy) is 5. The van der Waals surface area contributed by atoms with E-state index >= 15 is 0 Å². The van der Waals surface area contributed by atoms with E-state index in [1.54, 1.807) is 47.3 Å². The molecule has 42 heavy (non-hydrogen) atoms. The Morgan fingerprint density at radius 2 is 1.60 bits per heavy atom. The molecule has 236 valence electrons. The number of carbonyl (C=O) groups excluding carboxylic acids is 3. The van der Waals surface area contributed by atoms with E-state index in [0.29, 0.717) is 30.8 Å². The number of esters is 2. The molecule has 0 aromatic heterocycles. The summed E-state index contributed by atoms with van der Waals surface area (Å²) in [4.78, 5) is 41.9. The van der Waals surface area contributed by atoms with Crippen LogP contribution in [0.2, 0.25) is 0 Å². The summed E-state index contributed by atoms with van der Waals surface area (Å²) in [7, 11) is 4.69. The van der Waals surface area contributed by atoms with E-state index in [4.69, 9.17) is 23.7 Å². The lowest BCUT2D eigenvalue weighted by Crippen LogP contribution is -2.53. The Morgan fingerprint density at radius 3 is 2.17 bits per heavy atom. The number of benzene rings is 1. The molecule has 0 amide bonds. The highest BCUT2D eigenvalue weighted by Crippen LogP contribution is 2.50. The van der Waals surface area contributed by atoms with Crippen molar-refractivity contribution in [3.05, 3.63) is 18.2 Å². The third-order valence-electron chi connectivity index (χ3n) is 9.35. The number of aliphatic hydroxyl groups excluding tert-OH is 1. The van der Waals surface area contributed by atoms with Crippen molar-refractivity contribution in [3.8, 4) is 11.5 Å². The molecule has 2 heterocycles. The molecule has 0 aliphatic carbocycles. The third kappa shape index (κ3) is 6.76. The molecule has 2 fully saturated rings. The lowest BCUT2D eigenvalue weighted by Gasteiger charge is -2.42. The molecule has 9 nitrogen and oxygen atoms in total. The van der Waals surface area contributed by atoms with E-state index in [1.165, 1.54) is 11.8 Å². The minimum Gasteiger partial charge on any atom is -0.493 e. The van der Waals surface area contributed by atoms with Crippen molar-refractivity contribution in [3.63, 3.8) is 0 Å². The van der Waals surface area contributed by atoms with Gasteiger partial charge in [-0.2, -0.15) is 0 Å². The van der Waals surface area contributed by atoms with E-state index in [9.17, 15) is 19.5 Å². The van der Waals surface area contributed by atoms with Crippen molar-refractivity contribution in [1.82, 2.24) is 0 Å². The second kappa shape index (κ2) is 13.6.